The van der Waals surface area contributed by atoms with Crippen LogP contribution in [-0.4, -0.2) is 38.4 Å². The van der Waals surface area contributed by atoms with E-state index in [4.69, 9.17) is 14.6 Å². The number of H-pyrrole nitrogens is 1. The molecule has 0 unspecified atom stereocenters. The summed E-state index contributed by atoms with van der Waals surface area (Å²) in [4.78, 5) is 21.4. The van der Waals surface area contributed by atoms with Gasteiger partial charge in [0.15, 0.2) is 5.65 Å². The zero-order valence-corrected chi connectivity index (χ0v) is 20.1. The number of nitrogens with zero attached hydrogens (tertiary/aromatic N) is 4. The highest BCUT2D eigenvalue weighted by molar-refractivity contribution is 5.87. The molecule has 0 saturated carbocycles. The fraction of sp³-hybridized carbons (Fsp3) is 0.179. The first-order valence-electron chi connectivity index (χ1n) is 11.8. The van der Waals surface area contributed by atoms with Crippen LogP contribution in [0.4, 0.5) is 0 Å². The average Bonchev–Trinajstić information content (AvgIpc) is 3.49. The molecule has 4 aromatic heterocycles. The van der Waals surface area contributed by atoms with Gasteiger partial charge < -0.3 is 19.0 Å². The second kappa shape index (κ2) is 8.98. The van der Waals surface area contributed by atoms with Crippen LogP contribution in [0.15, 0.2) is 78.0 Å². The molecule has 180 valence electrons. The number of nitrogens with one attached hydrogen (secondary N) is 1. The molecule has 8 heteroatoms. The molecule has 0 saturated heterocycles. The normalized spacial score (nSPS) is 11.6. The molecule has 4 heterocycles. The van der Waals surface area contributed by atoms with Gasteiger partial charge in [0.1, 0.15) is 5.75 Å². The van der Waals surface area contributed by atoms with Crippen LogP contribution in [0, 0.1) is 0 Å². The van der Waals surface area contributed by atoms with Crippen LogP contribution >= 0.6 is 0 Å². The Morgan fingerprint density at radius 1 is 1.03 bits per heavy atom. The zero-order valence-electron chi connectivity index (χ0n) is 20.1. The highest BCUT2D eigenvalue weighted by Crippen LogP contribution is 2.29. The maximum Gasteiger partial charge on any atom is 0.261 e. The first kappa shape index (κ1) is 22.1. The Hall–Kier alpha value is -4.43. The van der Waals surface area contributed by atoms with Crippen molar-refractivity contribution in [3.8, 4) is 16.9 Å². The van der Waals surface area contributed by atoms with E-state index in [2.05, 4.69) is 9.97 Å². The van der Waals surface area contributed by atoms with Gasteiger partial charge in [0.25, 0.3) is 5.56 Å². The van der Waals surface area contributed by atoms with Crippen LogP contribution in [-0.2, 0) is 24.3 Å². The lowest BCUT2D eigenvalue weighted by Gasteiger charge is -2.08. The van der Waals surface area contributed by atoms with E-state index in [9.17, 15) is 4.79 Å². The Morgan fingerprint density at radius 3 is 2.69 bits per heavy atom. The van der Waals surface area contributed by atoms with Crippen molar-refractivity contribution in [1.29, 1.82) is 0 Å². The second-order valence-electron chi connectivity index (χ2n) is 8.70. The van der Waals surface area contributed by atoms with Crippen molar-refractivity contribution in [2.75, 3.05) is 14.2 Å². The molecule has 6 aromatic rings. The molecule has 0 radical (unpaired) electrons. The summed E-state index contributed by atoms with van der Waals surface area (Å²) in [5.74, 6) is 0.809. The molecular formula is C28H25N5O3. The highest BCUT2D eigenvalue weighted by atomic mass is 16.5. The van der Waals surface area contributed by atoms with Gasteiger partial charge in [-0.05, 0) is 41.8 Å². The second-order valence-corrected chi connectivity index (χ2v) is 8.70. The molecule has 0 atom stereocenters. The van der Waals surface area contributed by atoms with Crippen LogP contribution in [0.3, 0.4) is 0 Å². The van der Waals surface area contributed by atoms with Crippen molar-refractivity contribution in [1.82, 2.24) is 24.1 Å². The van der Waals surface area contributed by atoms with Gasteiger partial charge in [0, 0.05) is 43.1 Å². The predicted molar refractivity (Wildman–Crippen MR) is 139 cm³/mol. The van der Waals surface area contributed by atoms with Gasteiger partial charge in [0.05, 0.1) is 35.9 Å². The number of benzene rings is 2. The number of fused-ring (bicyclic) bond motifs is 4. The fourth-order valence-corrected chi connectivity index (χ4v) is 4.80. The van der Waals surface area contributed by atoms with Gasteiger partial charge in [-0.1, -0.05) is 30.3 Å². The molecule has 36 heavy (non-hydrogen) atoms. The standard InChI is InChI=1S/C28H25N5O3/c1-35-17-24-26(18-6-4-3-5-7-18)27-30-16-22-25(33(27)31-24)11-13-32(28(22)34)12-10-19-15-29-23-9-8-20(36-2)14-21(19)23/h3-9,11,13-16,29H,10,12,17H2,1-2H3. The molecule has 0 aliphatic rings. The number of methoxy groups -OCH3 is 2. The minimum Gasteiger partial charge on any atom is -0.497 e. The smallest absolute Gasteiger partial charge is 0.261 e. The first-order chi connectivity index (χ1) is 17.7. The third kappa shape index (κ3) is 3.63. The van der Waals surface area contributed by atoms with Crippen LogP contribution in [0.2, 0.25) is 0 Å². The van der Waals surface area contributed by atoms with Crippen molar-refractivity contribution in [2.45, 2.75) is 19.6 Å². The summed E-state index contributed by atoms with van der Waals surface area (Å²) in [6.45, 7) is 0.891. The summed E-state index contributed by atoms with van der Waals surface area (Å²) >= 11 is 0. The molecule has 0 aliphatic heterocycles. The SMILES string of the molecule is COCc1nn2c(ncc3c(=O)n(CCc4c[nH]c5ccc(OC)cc45)ccc32)c1-c1ccccc1. The number of rotatable bonds is 7. The quantitative estimate of drug-likeness (QED) is 0.362. The molecular weight excluding hydrogens is 454 g/mol. The number of aryl methyl sites for hydroxylation is 2. The lowest BCUT2D eigenvalue weighted by Crippen LogP contribution is -2.21. The third-order valence-electron chi connectivity index (χ3n) is 6.60. The number of hydrogen-bond acceptors (Lipinski definition) is 5. The molecule has 0 spiro atoms. The maximum absolute atomic E-state index is 13.4. The molecule has 0 fully saturated rings. The zero-order chi connectivity index (χ0) is 24.6. The summed E-state index contributed by atoms with van der Waals surface area (Å²) in [5.41, 5.74) is 6.21. The van der Waals surface area contributed by atoms with E-state index in [1.165, 1.54) is 0 Å². The number of aromatic nitrogens is 5. The first-order valence-corrected chi connectivity index (χ1v) is 11.8. The minimum atomic E-state index is -0.0932. The monoisotopic (exact) mass is 479 g/mol. The molecule has 1 N–H and O–H groups in total. The van der Waals surface area contributed by atoms with Crippen LogP contribution < -0.4 is 10.3 Å². The van der Waals surface area contributed by atoms with E-state index in [1.807, 2.05) is 67.0 Å². The van der Waals surface area contributed by atoms with Gasteiger partial charge in [-0.3, -0.25) is 4.79 Å². The van der Waals surface area contributed by atoms with Crippen LogP contribution in [0.25, 0.3) is 38.6 Å². The average molecular weight is 480 g/mol. The topological polar surface area (TPSA) is 86.4 Å². The lowest BCUT2D eigenvalue weighted by molar-refractivity contribution is 0.181. The highest BCUT2D eigenvalue weighted by Gasteiger charge is 2.18. The number of pyridine rings is 1. The summed E-state index contributed by atoms with van der Waals surface area (Å²) in [7, 11) is 3.31. The summed E-state index contributed by atoms with van der Waals surface area (Å²) < 4.78 is 14.3. The van der Waals surface area contributed by atoms with E-state index in [-0.39, 0.29) is 5.56 Å². The van der Waals surface area contributed by atoms with Crippen molar-refractivity contribution in [3.63, 3.8) is 0 Å². The Labute approximate surface area is 206 Å². The van der Waals surface area contributed by atoms with Crippen molar-refractivity contribution in [2.24, 2.45) is 0 Å². The number of hydrogen-bond donors (Lipinski definition) is 1. The van der Waals surface area contributed by atoms with Crippen LogP contribution in [0.1, 0.15) is 11.3 Å². The van der Waals surface area contributed by atoms with Crippen molar-refractivity contribution < 1.29 is 9.47 Å². The van der Waals surface area contributed by atoms with E-state index in [1.54, 1.807) is 29.5 Å². The molecule has 0 amide bonds. The van der Waals surface area contributed by atoms with E-state index in [0.717, 1.165) is 44.6 Å². The Balaban J connectivity index is 1.40. The van der Waals surface area contributed by atoms with Gasteiger partial charge >= 0.3 is 0 Å². The minimum absolute atomic E-state index is 0.0932. The largest absolute Gasteiger partial charge is 0.497 e. The lowest BCUT2D eigenvalue weighted by atomic mass is 10.1. The van der Waals surface area contributed by atoms with E-state index in [0.29, 0.717) is 30.6 Å². The Bertz CT molecular complexity index is 1770. The van der Waals surface area contributed by atoms with Crippen molar-refractivity contribution in [3.05, 3.63) is 94.8 Å². The maximum atomic E-state index is 13.4. The molecule has 0 aliphatic carbocycles. The van der Waals surface area contributed by atoms with Gasteiger partial charge in [-0.2, -0.15) is 5.10 Å². The predicted octanol–water partition coefficient (Wildman–Crippen LogP) is 4.59. The summed E-state index contributed by atoms with van der Waals surface area (Å²) in [5, 5.41) is 6.40. The van der Waals surface area contributed by atoms with Gasteiger partial charge in [-0.15, -0.1) is 0 Å². The molecule has 0 bridgehead atoms. The summed E-state index contributed by atoms with van der Waals surface area (Å²) in [6.07, 6.45) is 6.18. The van der Waals surface area contributed by atoms with E-state index >= 15 is 0 Å². The third-order valence-corrected chi connectivity index (χ3v) is 6.60. The molecule has 6 rings (SSSR count). The van der Waals surface area contributed by atoms with Crippen LogP contribution in [0.5, 0.6) is 5.75 Å². The van der Waals surface area contributed by atoms with Gasteiger partial charge in [-0.25, -0.2) is 9.50 Å². The Morgan fingerprint density at radius 2 is 1.89 bits per heavy atom. The Kier molecular flexibility index (Phi) is 5.50. The number of ether oxygens (including phenoxy) is 2. The number of aromatic amines is 1. The summed E-state index contributed by atoms with van der Waals surface area (Å²) in [6, 6.07) is 17.9. The fourth-order valence-electron chi connectivity index (χ4n) is 4.80. The molecule has 2 aromatic carbocycles. The van der Waals surface area contributed by atoms with Gasteiger partial charge in [0.2, 0.25) is 0 Å². The van der Waals surface area contributed by atoms with E-state index < -0.39 is 0 Å². The molecule has 8 nitrogen and oxygen atoms in total. The van der Waals surface area contributed by atoms with Crippen molar-refractivity contribution >= 4 is 27.5 Å².